The zero-order chi connectivity index (χ0) is 15.5. The molecule has 0 N–H and O–H groups in total. The second-order valence-corrected chi connectivity index (χ2v) is 6.16. The lowest BCUT2D eigenvalue weighted by atomic mass is 10.1. The Hall–Kier alpha value is -2.08. The minimum absolute atomic E-state index is 0.397. The molecule has 0 amide bonds. The maximum absolute atomic E-state index is 4.61. The van der Waals surface area contributed by atoms with E-state index in [-0.39, 0.29) is 0 Å². The first-order valence-corrected chi connectivity index (χ1v) is 8.58. The summed E-state index contributed by atoms with van der Waals surface area (Å²) in [6, 6.07) is 12.6. The number of hydrogen-bond acceptors (Lipinski definition) is 5. The standard InChI is InChI=1S/C16H19N5S/c1-12(10-22-3)20(2)15-9-14(13-7-5-4-6-8-13)19-16-17-11-18-21(15)16/h4-9,11-12H,10H2,1-3H3. The van der Waals surface area contributed by atoms with E-state index in [1.807, 2.05) is 30.0 Å². The topological polar surface area (TPSA) is 46.3 Å². The Balaban J connectivity index is 2.10. The molecular formula is C16H19N5S. The molecule has 0 aliphatic heterocycles. The third-order valence-corrected chi connectivity index (χ3v) is 4.55. The number of anilines is 1. The van der Waals surface area contributed by atoms with Crippen molar-refractivity contribution < 1.29 is 0 Å². The quantitative estimate of drug-likeness (QED) is 0.724. The van der Waals surface area contributed by atoms with Crippen LogP contribution in [-0.2, 0) is 0 Å². The Kier molecular flexibility index (Phi) is 4.29. The molecule has 2 heterocycles. The third kappa shape index (κ3) is 2.78. The van der Waals surface area contributed by atoms with Crippen LogP contribution in [0.1, 0.15) is 6.92 Å². The minimum Gasteiger partial charge on any atom is -0.356 e. The number of thioether (sulfide) groups is 1. The largest absolute Gasteiger partial charge is 0.356 e. The average Bonchev–Trinajstić information content (AvgIpc) is 3.02. The first-order chi connectivity index (χ1) is 10.7. The van der Waals surface area contributed by atoms with Crippen molar-refractivity contribution in [2.45, 2.75) is 13.0 Å². The molecule has 0 fully saturated rings. The summed E-state index contributed by atoms with van der Waals surface area (Å²) in [4.78, 5) is 11.1. The van der Waals surface area contributed by atoms with Gasteiger partial charge in [0, 0.05) is 30.5 Å². The van der Waals surface area contributed by atoms with E-state index in [2.05, 4.69) is 58.4 Å². The molecule has 0 saturated heterocycles. The number of aromatic nitrogens is 4. The molecule has 114 valence electrons. The monoisotopic (exact) mass is 313 g/mol. The Morgan fingerprint density at radius 2 is 2.05 bits per heavy atom. The second kappa shape index (κ2) is 6.36. The molecule has 0 radical (unpaired) electrons. The van der Waals surface area contributed by atoms with Gasteiger partial charge in [-0.15, -0.1) is 0 Å². The van der Waals surface area contributed by atoms with E-state index in [0.29, 0.717) is 11.8 Å². The van der Waals surface area contributed by atoms with Gasteiger partial charge in [-0.05, 0) is 13.2 Å². The van der Waals surface area contributed by atoms with Crippen LogP contribution < -0.4 is 4.90 Å². The first kappa shape index (κ1) is 14.8. The highest BCUT2D eigenvalue weighted by atomic mass is 32.2. The Bertz CT molecular complexity index is 756. The van der Waals surface area contributed by atoms with Crippen molar-refractivity contribution in [3.8, 4) is 11.3 Å². The smallest absolute Gasteiger partial charge is 0.254 e. The summed E-state index contributed by atoms with van der Waals surface area (Å²) in [5.74, 6) is 2.68. The van der Waals surface area contributed by atoms with Crippen LogP contribution in [0.3, 0.4) is 0 Å². The molecular weight excluding hydrogens is 294 g/mol. The number of benzene rings is 1. The van der Waals surface area contributed by atoms with Crippen molar-refractivity contribution in [1.29, 1.82) is 0 Å². The van der Waals surface area contributed by atoms with Crippen LogP contribution in [0.25, 0.3) is 17.0 Å². The molecule has 0 aliphatic carbocycles. The van der Waals surface area contributed by atoms with Gasteiger partial charge >= 0.3 is 0 Å². The molecule has 0 aliphatic rings. The number of fused-ring (bicyclic) bond motifs is 1. The highest BCUT2D eigenvalue weighted by Crippen LogP contribution is 2.24. The van der Waals surface area contributed by atoms with Crippen LogP contribution in [-0.4, -0.2) is 44.7 Å². The third-order valence-electron chi connectivity index (χ3n) is 3.73. The molecule has 0 spiro atoms. The Morgan fingerprint density at radius 1 is 1.27 bits per heavy atom. The fraction of sp³-hybridized carbons (Fsp3) is 0.312. The lowest BCUT2D eigenvalue weighted by Gasteiger charge is -2.26. The molecule has 5 nitrogen and oxygen atoms in total. The predicted molar refractivity (Wildman–Crippen MR) is 92.5 cm³/mol. The van der Waals surface area contributed by atoms with E-state index >= 15 is 0 Å². The SMILES string of the molecule is CSCC(C)N(C)c1cc(-c2ccccc2)nc2ncnn12. The van der Waals surface area contributed by atoms with Gasteiger partial charge in [0.2, 0.25) is 0 Å². The fourth-order valence-corrected chi connectivity index (χ4v) is 3.09. The molecule has 2 aromatic heterocycles. The van der Waals surface area contributed by atoms with Crippen LogP contribution in [0, 0.1) is 0 Å². The maximum atomic E-state index is 4.61. The number of rotatable bonds is 5. The van der Waals surface area contributed by atoms with Gasteiger partial charge in [-0.1, -0.05) is 30.3 Å². The van der Waals surface area contributed by atoms with Crippen molar-refractivity contribution in [1.82, 2.24) is 19.6 Å². The van der Waals surface area contributed by atoms with Crippen LogP contribution in [0.4, 0.5) is 5.82 Å². The highest BCUT2D eigenvalue weighted by molar-refractivity contribution is 7.98. The van der Waals surface area contributed by atoms with E-state index in [9.17, 15) is 0 Å². The molecule has 0 saturated carbocycles. The molecule has 22 heavy (non-hydrogen) atoms. The van der Waals surface area contributed by atoms with Crippen molar-refractivity contribution >= 4 is 23.4 Å². The summed E-state index contributed by atoms with van der Waals surface area (Å²) in [7, 11) is 2.09. The van der Waals surface area contributed by atoms with E-state index in [1.165, 1.54) is 0 Å². The number of nitrogens with zero attached hydrogens (tertiary/aromatic N) is 5. The Labute approximate surface area is 134 Å². The average molecular weight is 313 g/mol. The summed E-state index contributed by atoms with van der Waals surface area (Å²) in [6.45, 7) is 2.21. The van der Waals surface area contributed by atoms with Crippen molar-refractivity contribution in [2.75, 3.05) is 24.0 Å². The lowest BCUT2D eigenvalue weighted by molar-refractivity contribution is 0.731. The Morgan fingerprint density at radius 3 is 2.77 bits per heavy atom. The second-order valence-electron chi connectivity index (χ2n) is 5.25. The normalized spacial score (nSPS) is 12.5. The highest BCUT2D eigenvalue weighted by Gasteiger charge is 2.16. The van der Waals surface area contributed by atoms with Gasteiger partial charge in [-0.2, -0.15) is 26.4 Å². The van der Waals surface area contributed by atoms with Crippen LogP contribution in [0.2, 0.25) is 0 Å². The molecule has 6 heteroatoms. The van der Waals surface area contributed by atoms with E-state index in [1.54, 1.807) is 10.8 Å². The molecule has 1 aromatic carbocycles. The van der Waals surface area contributed by atoms with Crippen LogP contribution in [0.5, 0.6) is 0 Å². The van der Waals surface area contributed by atoms with E-state index in [4.69, 9.17) is 0 Å². The number of hydrogen-bond donors (Lipinski definition) is 0. The van der Waals surface area contributed by atoms with Gasteiger partial charge in [0.05, 0.1) is 5.69 Å². The van der Waals surface area contributed by atoms with Crippen molar-refractivity contribution in [3.05, 3.63) is 42.7 Å². The van der Waals surface area contributed by atoms with Crippen molar-refractivity contribution in [2.24, 2.45) is 0 Å². The zero-order valence-corrected chi connectivity index (χ0v) is 13.8. The van der Waals surface area contributed by atoms with E-state index in [0.717, 1.165) is 22.8 Å². The summed E-state index contributed by atoms with van der Waals surface area (Å²) < 4.78 is 1.79. The first-order valence-electron chi connectivity index (χ1n) is 7.18. The molecule has 1 unspecified atom stereocenters. The lowest BCUT2D eigenvalue weighted by Crippen LogP contribution is -2.32. The summed E-state index contributed by atoms with van der Waals surface area (Å²) >= 11 is 1.84. The fourth-order valence-electron chi connectivity index (χ4n) is 2.38. The summed E-state index contributed by atoms with van der Waals surface area (Å²) in [5.41, 5.74) is 2.00. The molecule has 1 atom stereocenters. The summed E-state index contributed by atoms with van der Waals surface area (Å²) in [5, 5.41) is 4.31. The van der Waals surface area contributed by atoms with Crippen LogP contribution >= 0.6 is 11.8 Å². The minimum atomic E-state index is 0.397. The van der Waals surface area contributed by atoms with Gasteiger partial charge in [0.15, 0.2) is 0 Å². The van der Waals surface area contributed by atoms with Gasteiger partial charge < -0.3 is 4.90 Å². The van der Waals surface area contributed by atoms with E-state index < -0.39 is 0 Å². The van der Waals surface area contributed by atoms with Gasteiger partial charge in [0.25, 0.3) is 5.78 Å². The zero-order valence-electron chi connectivity index (χ0n) is 13.0. The van der Waals surface area contributed by atoms with Gasteiger partial charge in [0.1, 0.15) is 12.1 Å². The molecule has 0 bridgehead atoms. The predicted octanol–water partition coefficient (Wildman–Crippen LogP) is 2.98. The van der Waals surface area contributed by atoms with Crippen LogP contribution in [0.15, 0.2) is 42.7 Å². The molecule has 3 aromatic rings. The molecule has 3 rings (SSSR count). The van der Waals surface area contributed by atoms with Gasteiger partial charge in [-0.25, -0.2) is 4.98 Å². The maximum Gasteiger partial charge on any atom is 0.254 e. The summed E-state index contributed by atoms with van der Waals surface area (Å²) in [6.07, 6.45) is 3.67. The van der Waals surface area contributed by atoms with Crippen molar-refractivity contribution in [3.63, 3.8) is 0 Å². The van der Waals surface area contributed by atoms with Gasteiger partial charge in [-0.3, -0.25) is 0 Å².